The average Bonchev–Trinajstić information content (AvgIpc) is 3.01. The van der Waals surface area contributed by atoms with Crippen molar-refractivity contribution in [1.29, 1.82) is 0 Å². The molecular weight excluding hydrogens is 350 g/mol. The number of hydrogen-bond acceptors (Lipinski definition) is 4. The van der Waals surface area contributed by atoms with Crippen molar-refractivity contribution in [3.63, 3.8) is 0 Å². The van der Waals surface area contributed by atoms with Crippen LogP contribution in [-0.4, -0.2) is 47.7 Å². The minimum Gasteiger partial charge on any atom is -0.378 e. The van der Waals surface area contributed by atoms with Crippen molar-refractivity contribution >= 4 is 5.90 Å². The van der Waals surface area contributed by atoms with Gasteiger partial charge in [0.2, 0.25) is 0 Å². The Kier molecular flexibility index (Phi) is 7.00. The van der Waals surface area contributed by atoms with E-state index in [0.29, 0.717) is 12.1 Å². The van der Waals surface area contributed by atoms with Gasteiger partial charge in [-0.05, 0) is 50.6 Å². The molecule has 1 heterocycles. The van der Waals surface area contributed by atoms with Crippen molar-refractivity contribution in [3.05, 3.63) is 35.6 Å². The molecule has 0 bridgehead atoms. The largest absolute Gasteiger partial charge is 0.470 e. The van der Waals surface area contributed by atoms with Crippen LogP contribution in [0.2, 0.25) is 0 Å². The predicted octanol–water partition coefficient (Wildman–Crippen LogP) is 4.54. The number of hydrogen-bond donors (Lipinski definition) is 0. The van der Waals surface area contributed by atoms with Crippen molar-refractivity contribution in [2.45, 2.75) is 52.0 Å². The van der Waals surface area contributed by atoms with E-state index in [1.165, 1.54) is 23.3 Å². The van der Waals surface area contributed by atoms with Crippen LogP contribution in [0.25, 0.3) is 0 Å². The Morgan fingerprint density at radius 2 is 1.88 bits per heavy atom. The standard InChI is InChI=1S/C18H25F4N3O/c1-4-9-24(10-5-2)12-13(3)25-16(14-7-6-8-15(19)11-14)23-17(26-25)18(20,21)22/h6-8,11,13,16H,4-5,9-10,12H2,1-3H3. The fourth-order valence-electron chi connectivity index (χ4n) is 3.07. The van der Waals surface area contributed by atoms with Gasteiger partial charge in [-0.15, -0.1) is 5.06 Å². The minimum absolute atomic E-state index is 0.327. The monoisotopic (exact) mass is 375 g/mol. The maximum atomic E-state index is 13.6. The molecule has 2 rings (SSSR count). The van der Waals surface area contributed by atoms with E-state index < -0.39 is 24.1 Å². The van der Waals surface area contributed by atoms with Crippen molar-refractivity contribution in [2.24, 2.45) is 4.99 Å². The van der Waals surface area contributed by atoms with Gasteiger partial charge in [0.25, 0.3) is 0 Å². The Labute approximate surface area is 151 Å². The van der Waals surface area contributed by atoms with E-state index in [4.69, 9.17) is 4.84 Å². The van der Waals surface area contributed by atoms with Crippen LogP contribution in [-0.2, 0) is 4.84 Å². The first-order valence-electron chi connectivity index (χ1n) is 8.85. The Bertz CT molecular complexity index is 615. The van der Waals surface area contributed by atoms with Gasteiger partial charge in [0.1, 0.15) is 5.82 Å². The van der Waals surface area contributed by atoms with Gasteiger partial charge < -0.3 is 9.74 Å². The van der Waals surface area contributed by atoms with E-state index in [0.717, 1.165) is 25.9 Å². The lowest BCUT2D eigenvalue weighted by Gasteiger charge is -2.32. The zero-order valence-electron chi connectivity index (χ0n) is 15.3. The summed E-state index contributed by atoms with van der Waals surface area (Å²) in [4.78, 5) is 10.9. The zero-order valence-corrected chi connectivity index (χ0v) is 15.3. The van der Waals surface area contributed by atoms with Crippen LogP contribution in [0.1, 0.15) is 45.3 Å². The van der Waals surface area contributed by atoms with Crippen molar-refractivity contribution in [1.82, 2.24) is 9.96 Å². The van der Waals surface area contributed by atoms with Gasteiger partial charge in [0.05, 0.1) is 6.04 Å². The van der Waals surface area contributed by atoms with E-state index in [1.807, 2.05) is 0 Å². The molecule has 26 heavy (non-hydrogen) atoms. The molecule has 0 amide bonds. The van der Waals surface area contributed by atoms with E-state index >= 15 is 0 Å². The Morgan fingerprint density at radius 1 is 1.23 bits per heavy atom. The van der Waals surface area contributed by atoms with Crippen LogP contribution >= 0.6 is 0 Å². The fraction of sp³-hybridized carbons (Fsp3) is 0.611. The maximum absolute atomic E-state index is 13.6. The number of aliphatic imine (C=N–C) groups is 1. The Hall–Kier alpha value is -1.67. The normalized spacial score (nSPS) is 19.5. The molecule has 4 nitrogen and oxygen atoms in total. The molecular formula is C18H25F4N3O. The first kappa shape index (κ1) is 20.6. The summed E-state index contributed by atoms with van der Waals surface area (Å²) in [7, 11) is 0. The van der Waals surface area contributed by atoms with Crippen LogP contribution in [0.4, 0.5) is 17.6 Å². The van der Waals surface area contributed by atoms with E-state index in [-0.39, 0.29) is 6.04 Å². The van der Waals surface area contributed by atoms with E-state index in [1.54, 1.807) is 13.0 Å². The highest BCUT2D eigenvalue weighted by Crippen LogP contribution is 2.35. The molecule has 0 saturated carbocycles. The predicted molar refractivity (Wildman–Crippen MR) is 92.0 cm³/mol. The number of rotatable bonds is 8. The van der Waals surface area contributed by atoms with Crippen LogP contribution < -0.4 is 0 Å². The molecule has 0 N–H and O–H groups in total. The van der Waals surface area contributed by atoms with Gasteiger partial charge in [0, 0.05) is 6.54 Å². The number of hydroxylamine groups is 2. The van der Waals surface area contributed by atoms with Crippen LogP contribution in [0.3, 0.4) is 0 Å². The van der Waals surface area contributed by atoms with Gasteiger partial charge in [-0.3, -0.25) is 0 Å². The quantitative estimate of drug-likeness (QED) is 0.625. The van der Waals surface area contributed by atoms with E-state index in [2.05, 4.69) is 23.7 Å². The summed E-state index contributed by atoms with van der Waals surface area (Å²) in [5.41, 5.74) is 0.327. The molecule has 1 aromatic carbocycles. The second kappa shape index (κ2) is 8.81. The number of halogens is 4. The summed E-state index contributed by atoms with van der Waals surface area (Å²) in [5.74, 6) is -1.82. The summed E-state index contributed by atoms with van der Waals surface area (Å²) >= 11 is 0. The molecule has 0 spiro atoms. The number of alkyl halides is 3. The number of benzene rings is 1. The molecule has 0 radical (unpaired) electrons. The zero-order chi connectivity index (χ0) is 19.3. The molecule has 2 atom stereocenters. The van der Waals surface area contributed by atoms with Gasteiger partial charge in [-0.2, -0.15) is 13.2 Å². The molecule has 2 unspecified atom stereocenters. The molecule has 1 aliphatic rings. The van der Waals surface area contributed by atoms with Crippen molar-refractivity contribution < 1.29 is 22.4 Å². The summed E-state index contributed by atoms with van der Waals surface area (Å²) in [6.07, 6.45) is -3.81. The highest BCUT2D eigenvalue weighted by molar-refractivity contribution is 5.82. The highest BCUT2D eigenvalue weighted by Gasteiger charge is 2.47. The fourth-order valence-corrected chi connectivity index (χ4v) is 3.07. The minimum atomic E-state index is -4.69. The topological polar surface area (TPSA) is 28.1 Å². The molecule has 0 saturated heterocycles. The first-order chi connectivity index (χ1) is 12.3. The Balaban J connectivity index is 2.24. The smallest absolute Gasteiger partial charge is 0.378 e. The van der Waals surface area contributed by atoms with Gasteiger partial charge in [-0.1, -0.05) is 26.0 Å². The molecule has 1 aliphatic heterocycles. The average molecular weight is 375 g/mol. The first-order valence-corrected chi connectivity index (χ1v) is 8.85. The second-order valence-electron chi connectivity index (χ2n) is 6.46. The van der Waals surface area contributed by atoms with Gasteiger partial charge in [0.15, 0.2) is 6.17 Å². The van der Waals surface area contributed by atoms with Gasteiger partial charge in [-0.25, -0.2) is 9.38 Å². The lowest BCUT2D eigenvalue weighted by Crippen LogP contribution is -2.43. The molecule has 8 heteroatoms. The third kappa shape index (κ3) is 5.17. The van der Waals surface area contributed by atoms with Crippen LogP contribution in [0.15, 0.2) is 29.3 Å². The van der Waals surface area contributed by atoms with Gasteiger partial charge >= 0.3 is 12.1 Å². The molecule has 146 valence electrons. The lowest BCUT2D eigenvalue weighted by molar-refractivity contribution is -0.155. The van der Waals surface area contributed by atoms with E-state index in [9.17, 15) is 17.6 Å². The molecule has 1 aromatic rings. The second-order valence-corrected chi connectivity index (χ2v) is 6.46. The van der Waals surface area contributed by atoms with Crippen LogP contribution in [0, 0.1) is 5.82 Å². The highest BCUT2D eigenvalue weighted by atomic mass is 19.4. The van der Waals surface area contributed by atoms with Crippen molar-refractivity contribution in [3.8, 4) is 0 Å². The molecule has 0 aromatic heterocycles. The summed E-state index contributed by atoms with van der Waals surface area (Å²) < 4.78 is 52.9. The maximum Gasteiger partial charge on any atom is 0.470 e. The van der Waals surface area contributed by atoms with Crippen molar-refractivity contribution in [2.75, 3.05) is 19.6 Å². The molecule has 0 aliphatic carbocycles. The lowest BCUT2D eigenvalue weighted by atomic mass is 10.1. The SMILES string of the molecule is CCCN(CCC)CC(C)N1OC(C(F)(F)F)=NC1c1cccc(F)c1. The molecule has 0 fully saturated rings. The third-order valence-corrected chi connectivity index (χ3v) is 4.10. The summed E-state index contributed by atoms with van der Waals surface area (Å²) in [6.45, 7) is 8.14. The summed E-state index contributed by atoms with van der Waals surface area (Å²) in [5, 5.41) is 1.22. The third-order valence-electron chi connectivity index (χ3n) is 4.10. The van der Waals surface area contributed by atoms with Crippen LogP contribution in [0.5, 0.6) is 0 Å². The summed E-state index contributed by atoms with van der Waals surface area (Å²) in [6, 6.07) is 5.08. The Morgan fingerprint density at radius 3 is 2.42 bits per heavy atom. The number of nitrogens with zero attached hydrogens (tertiary/aromatic N) is 3.